The van der Waals surface area contributed by atoms with Crippen LogP contribution in [0.25, 0.3) is 0 Å². The molecule has 0 spiro atoms. The summed E-state index contributed by atoms with van der Waals surface area (Å²) in [5, 5.41) is 23.6. The van der Waals surface area contributed by atoms with E-state index < -0.39 is 17.7 Å². The Morgan fingerprint density at radius 3 is 2.39 bits per heavy atom. The molecule has 1 saturated heterocycles. The first-order valence-electron chi connectivity index (χ1n) is 9.42. The molecule has 0 aromatic heterocycles. The van der Waals surface area contributed by atoms with Crippen molar-refractivity contribution in [1.82, 2.24) is 4.90 Å². The molecule has 0 unspecified atom stereocenters. The van der Waals surface area contributed by atoms with Gasteiger partial charge in [-0.1, -0.05) is 30.3 Å². The van der Waals surface area contributed by atoms with Gasteiger partial charge in [-0.3, -0.25) is 0 Å². The number of benzene rings is 2. The van der Waals surface area contributed by atoms with E-state index in [0.717, 1.165) is 18.7 Å². The number of carbonyl (C=O) groups excluding carboxylic acids is 1. The van der Waals surface area contributed by atoms with Gasteiger partial charge in [-0.15, -0.1) is 0 Å². The summed E-state index contributed by atoms with van der Waals surface area (Å²) in [5.41, 5.74) is 5.81. The fourth-order valence-electron chi connectivity index (χ4n) is 3.46. The number of likely N-dealkylation sites (tertiary alicyclic amines) is 1. The van der Waals surface area contributed by atoms with E-state index in [1.165, 1.54) is 0 Å². The van der Waals surface area contributed by atoms with Crippen LogP contribution in [0.3, 0.4) is 0 Å². The summed E-state index contributed by atoms with van der Waals surface area (Å²) in [5.74, 6) is 0.603. The predicted molar refractivity (Wildman–Crippen MR) is 107 cm³/mol. The molecule has 1 fully saturated rings. The number of hydrogen-bond acceptors (Lipinski definition) is 5. The van der Waals surface area contributed by atoms with Gasteiger partial charge in [-0.25, -0.2) is 4.79 Å². The van der Waals surface area contributed by atoms with Crippen LogP contribution in [0.15, 0.2) is 54.6 Å². The molecule has 1 atom stereocenters. The van der Waals surface area contributed by atoms with Crippen molar-refractivity contribution >= 4 is 11.7 Å². The van der Waals surface area contributed by atoms with Gasteiger partial charge >= 0.3 is 6.03 Å². The number of hydrogen-bond donors (Lipinski definition) is 4. The Balaban J connectivity index is 1.42. The smallest absolute Gasteiger partial charge is 0.316 e. The molecule has 0 aliphatic carbocycles. The van der Waals surface area contributed by atoms with Crippen molar-refractivity contribution in [1.29, 1.82) is 0 Å². The Labute approximate surface area is 164 Å². The largest absolute Gasteiger partial charge is 0.491 e. The van der Waals surface area contributed by atoms with E-state index in [2.05, 4.69) is 10.2 Å². The number of nitrogens with zero attached hydrogens (tertiary/aromatic N) is 1. The zero-order valence-electron chi connectivity index (χ0n) is 15.8. The normalized spacial score (nSPS) is 17.6. The monoisotopic (exact) mass is 385 g/mol. The molecule has 2 aromatic carbocycles. The minimum absolute atomic E-state index is 0.169. The predicted octanol–water partition coefficient (Wildman–Crippen LogP) is 1.90. The van der Waals surface area contributed by atoms with Gasteiger partial charge < -0.3 is 30.9 Å². The number of urea groups is 1. The average molecular weight is 385 g/mol. The Hall–Kier alpha value is -2.61. The number of piperidine rings is 1. The maximum atomic E-state index is 10.9. The molecule has 0 radical (unpaired) electrons. The van der Waals surface area contributed by atoms with E-state index in [1.807, 2.05) is 30.3 Å². The quantitative estimate of drug-likeness (QED) is 0.582. The SMILES string of the molecule is NC(=O)Nc1ccc(OC[C@H](O)CN2CCC(O)(c3ccccc3)CC2)cc1. The highest BCUT2D eigenvalue weighted by Gasteiger charge is 2.34. The molecule has 5 N–H and O–H groups in total. The van der Waals surface area contributed by atoms with Crippen LogP contribution in [0.5, 0.6) is 5.75 Å². The average Bonchev–Trinajstić information content (AvgIpc) is 2.70. The molecule has 150 valence electrons. The Morgan fingerprint density at radius 2 is 1.79 bits per heavy atom. The summed E-state index contributed by atoms with van der Waals surface area (Å²) in [4.78, 5) is 12.9. The fraction of sp³-hybridized carbons (Fsp3) is 0.381. The van der Waals surface area contributed by atoms with Gasteiger partial charge in [-0.05, 0) is 42.7 Å². The van der Waals surface area contributed by atoms with Crippen LogP contribution < -0.4 is 15.8 Å². The number of ether oxygens (including phenoxy) is 1. The molecule has 2 aromatic rings. The summed E-state index contributed by atoms with van der Waals surface area (Å²) < 4.78 is 5.61. The molecule has 7 heteroatoms. The van der Waals surface area contributed by atoms with E-state index >= 15 is 0 Å². The standard InChI is InChI=1S/C21H27N3O4/c22-20(26)23-17-6-8-19(9-7-17)28-15-18(25)14-24-12-10-21(27,11-13-24)16-4-2-1-3-5-16/h1-9,18,25,27H,10-15H2,(H3,22,23,26)/t18-/m1/s1. The van der Waals surface area contributed by atoms with Gasteiger partial charge in [0.15, 0.2) is 0 Å². The lowest BCUT2D eigenvalue weighted by molar-refractivity contribution is -0.0372. The summed E-state index contributed by atoms with van der Waals surface area (Å²) in [6.07, 6.45) is 0.643. The first-order valence-corrected chi connectivity index (χ1v) is 9.42. The minimum Gasteiger partial charge on any atom is -0.491 e. The first kappa shape index (κ1) is 20.1. The van der Waals surface area contributed by atoms with Crippen LogP contribution in [-0.4, -0.2) is 53.5 Å². The molecule has 1 heterocycles. The highest BCUT2D eigenvalue weighted by atomic mass is 16.5. The van der Waals surface area contributed by atoms with Gasteiger partial charge in [0.2, 0.25) is 0 Å². The maximum absolute atomic E-state index is 10.9. The zero-order valence-corrected chi connectivity index (χ0v) is 15.8. The molecule has 2 amide bonds. The molecule has 3 rings (SSSR count). The van der Waals surface area contributed by atoms with Gasteiger partial charge in [0.05, 0.1) is 5.60 Å². The Kier molecular flexibility index (Phi) is 6.51. The van der Waals surface area contributed by atoms with Gasteiger partial charge in [0.1, 0.15) is 18.5 Å². The molecular weight excluding hydrogens is 358 g/mol. The molecule has 0 bridgehead atoms. The second kappa shape index (κ2) is 9.05. The molecule has 1 aliphatic heterocycles. The van der Waals surface area contributed by atoms with E-state index in [0.29, 0.717) is 30.8 Å². The number of rotatable bonds is 7. The highest BCUT2D eigenvalue weighted by molar-refractivity contribution is 5.87. The Morgan fingerprint density at radius 1 is 1.14 bits per heavy atom. The van der Waals surface area contributed by atoms with Gasteiger partial charge in [0.25, 0.3) is 0 Å². The lowest BCUT2D eigenvalue weighted by Crippen LogP contribution is -2.46. The van der Waals surface area contributed by atoms with Crippen molar-refractivity contribution in [2.75, 3.05) is 31.6 Å². The fourth-order valence-corrected chi connectivity index (χ4v) is 3.46. The van der Waals surface area contributed by atoms with Crippen molar-refractivity contribution in [3.63, 3.8) is 0 Å². The molecule has 1 aliphatic rings. The summed E-state index contributed by atoms with van der Waals surface area (Å²) in [6, 6.07) is 15.9. The van der Waals surface area contributed by atoms with Crippen LogP contribution in [0, 0.1) is 0 Å². The Bertz CT molecular complexity index is 759. The third kappa shape index (κ3) is 5.45. The van der Waals surface area contributed by atoms with Crippen LogP contribution >= 0.6 is 0 Å². The number of aliphatic hydroxyl groups is 2. The third-order valence-electron chi connectivity index (χ3n) is 5.03. The van der Waals surface area contributed by atoms with Crippen LogP contribution in [0.4, 0.5) is 10.5 Å². The first-order chi connectivity index (χ1) is 13.4. The van der Waals surface area contributed by atoms with Crippen molar-refractivity contribution in [2.24, 2.45) is 5.73 Å². The van der Waals surface area contributed by atoms with Crippen molar-refractivity contribution in [3.05, 3.63) is 60.2 Å². The number of β-amino-alcohol motifs (C(OH)–C–C–N with tert-alkyl or cyclic N) is 1. The lowest BCUT2D eigenvalue weighted by Gasteiger charge is -2.39. The van der Waals surface area contributed by atoms with Crippen LogP contribution in [0.1, 0.15) is 18.4 Å². The van der Waals surface area contributed by atoms with E-state index in [1.54, 1.807) is 24.3 Å². The van der Waals surface area contributed by atoms with Crippen LogP contribution in [-0.2, 0) is 5.60 Å². The number of amides is 2. The van der Waals surface area contributed by atoms with Crippen molar-refractivity contribution in [2.45, 2.75) is 24.5 Å². The van der Waals surface area contributed by atoms with E-state index in [-0.39, 0.29) is 6.61 Å². The number of nitrogens with one attached hydrogen (secondary N) is 1. The topological polar surface area (TPSA) is 108 Å². The zero-order chi connectivity index (χ0) is 20.0. The molecule has 7 nitrogen and oxygen atoms in total. The third-order valence-corrected chi connectivity index (χ3v) is 5.03. The second-order valence-corrected chi connectivity index (χ2v) is 7.18. The number of carbonyl (C=O) groups is 1. The molecule has 28 heavy (non-hydrogen) atoms. The maximum Gasteiger partial charge on any atom is 0.316 e. The van der Waals surface area contributed by atoms with E-state index in [9.17, 15) is 15.0 Å². The van der Waals surface area contributed by atoms with Gasteiger partial charge in [-0.2, -0.15) is 0 Å². The number of aliphatic hydroxyl groups excluding tert-OH is 1. The second-order valence-electron chi connectivity index (χ2n) is 7.18. The van der Waals surface area contributed by atoms with E-state index in [4.69, 9.17) is 10.5 Å². The molecular formula is C21H27N3O4. The summed E-state index contributed by atoms with van der Waals surface area (Å²) in [6.45, 7) is 2.10. The highest BCUT2D eigenvalue weighted by Crippen LogP contribution is 2.32. The summed E-state index contributed by atoms with van der Waals surface area (Å²) >= 11 is 0. The van der Waals surface area contributed by atoms with Gasteiger partial charge in [0, 0.05) is 25.3 Å². The van der Waals surface area contributed by atoms with Crippen molar-refractivity contribution in [3.8, 4) is 5.75 Å². The number of primary amides is 1. The number of nitrogens with two attached hydrogens (primary N) is 1. The molecule has 0 saturated carbocycles. The number of anilines is 1. The lowest BCUT2D eigenvalue weighted by atomic mass is 9.84. The van der Waals surface area contributed by atoms with Crippen molar-refractivity contribution < 1.29 is 19.7 Å². The summed E-state index contributed by atoms with van der Waals surface area (Å²) in [7, 11) is 0. The van der Waals surface area contributed by atoms with Crippen LogP contribution in [0.2, 0.25) is 0 Å². The minimum atomic E-state index is -0.792.